The molecule has 0 aromatic heterocycles. The van der Waals surface area contributed by atoms with Gasteiger partial charge in [0.1, 0.15) is 0 Å². The van der Waals surface area contributed by atoms with E-state index < -0.39 is 0 Å². The van der Waals surface area contributed by atoms with Crippen LogP contribution in [0.5, 0.6) is 0 Å². The fourth-order valence-electron chi connectivity index (χ4n) is 2.86. The van der Waals surface area contributed by atoms with Gasteiger partial charge in [-0.25, -0.2) is 0 Å². The average Bonchev–Trinajstić information content (AvgIpc) is 3.03. The number of hydrogen-bond acceptors (Lipinski definition) is 2. The normalized spacial score (nSPS) is 25.2. The Labute approximate surface area is 97.6 Å². The van der Waals surface area contributed by atoms with Crippen LogP contribution in [0.1, 0.15) is 37.3 Å². The predicted octanol–water partition coefficient (Wildman–Crippen LogP) is 2.71. The smallest absolute Gasteiger partial charge is 0.0366 e. The molecule has 0 aliphatic carbocycles. The van der Waals surface area contributed by atoms with E-state index in [0.29, 0.717) is 6.04 Å². The molecular weight excluding hydrogens is 196 g/mol. The van der Waals surface area contributed by atoms with E-state index in [9.17, 15) is 0 Å². The van der Waals surface area contributed by atoms with Crippen molar-refractivity contribution >= 4 is 5.69 Å². The van der Waals surface area contributed by atoms with Gasteiger partial charge in [-0.05, 0) is 49.9 Å². The van der Waals surface area contributed by atoms with Gasteiger partial charge in [-0.1, -0.05) is 12.1 Å². The molecule has 2 nitrogen and oxygen atoms in total. The summed E-state index contributed by atoms with van der Waals surface area (Å²) < 4.78 is 0. The lowest BCUT2D eigenvalue weighted by Crippen LogP contribution is -2.18. The molecule has 2 aliphatic heterocycles. The maximum Gasteiger partial charge on any atom is 0.0366 e. The number of hydrogen-bond donors (Lipinski definition) is 1. The first-order valence-electron chi connectivity index (χ1n) is 6.52. The van der Waals surface area contributed by atoms with Crippen LogP contribution in [0.15, 0.2) is 24.3 Å². The van der Waals surface area contributed by atoms with Gasteiger partial charge in [0.25, 0.3) is 0 Å². The molecule has 1 N–H and O–H groups in total. The van der Waals surface area contributed by atoms with E-state index in [1.165, 1.54) is 56.6 Å². The van der Waals surface area contributed by atoms with Crippen LogP contribution in [0.3, 0.4) is 0 Å². The zero-order valence-electron chi connectivity index (χ0n) is 9.78. The van der Waals surface area contributed by atoms with E-state index >= 15 is 0 Å². The fourth-order valence-corrected chi connectivity index (χ4v) is 2.86. The molecule has 1 aromatic carbocycles. The molecule has 2 saturated heterocycles. The van der Waals surface area contributed by atoms with E-state index in [1.807, 2.05) is 0 Å². The summed E-state index contributed by atoms with van der Waals surface area (Å²) in [5.74, 6) is 0. The van der Waals surface area contributed by atoms with E-state index in [0.717, 1.165) is 0 Å². The monoisotopic (exact) mass is 216 g/mol. The van der Waals surface area contributed by atoms with Crippen molar-refractivity contribution in [3.8, 4) is 0 Å². The first-order valence-corrected chi connectivity index (χ1v) is 6.52. The third-order valence-electron chi connectivity index (χ3n) is 3.83. The van der Waals surface area contributed by atoms with Crippen molar-refractivity contribution in [3.05, 3.63) is 29.8 Å². The highest BCUT2D eigenvalue weighted by molar-refractivity contribution is 5.48. The summed E-state index contributed by atoms with van der Waals surface area (Å²) in [5.41, 5.74) is 2.86. The summed E-state index contributed by atoms with van der Waals surface area (Å²) in [6.45, 7) is 3.65. The molecule has 0 bridgehead atoms. The Morgan fingerprint density at radius 3 is 2.38 bits per heavy atom. The molecule has 86 valence electrons. The van der Waals surface area contributed by atoms with Crippen LogP contribution in [0.2, 0.25) is 0 Å². The maximum atomic E-state index is 3.55. The molecule has 0 spiro atoms. The van der Waals surface area contributed by atoms with E-state index in [1.54, 1.807) is 0 Å². The summed E-state index contributed by atoms with van der Waals surface area (Å²) >= 11 is 0. The molecule has 0 saturated carbocycles. The Kier molecular flexibility index (Phi) is 2.83. The molecule has 0 unspecified atom stereocenters. The van der Waals surface area contributed by atoms with Gasteiger partial charge in [-0.15, -0.1) is 0 Å². The zero-order chi connectivity index (χ0) is 10.8. The van der Waals surface area contributed by atoms with Crippen molar-refractivity contribution in [1.82, 2.24) is 5.32 Å². The predicted molar refractivity (Wildman–Crippen MR) is 67.9 cm³/mol. The molecule has 2 heteroatoms. The average molecular weight is 216 g/mol. The number of benzene rings is 1. The van der Waals surface area contributed by atoms with Gasteiger partial charge >= 0.3 is 0 Å². The summed E-state index contributed by atoms with van der Waals surface area (Å²) in [5, 5.41) is 3.55. The molecule has 2 heterocycles. The maximum absolute atomic E-state index is 3.55. The van der Waals surface area contributed by atoms with Crippen LogP contribution in [-0.4, -0.2) is 19.6 Å². The third-order valence-corrected chi connectivity index (χ3v) is 3.83. The first-order chi connectivity index (χ1) is 7.93. The number of rotatable bonds is 2. The van der Waals surface area contributed by atoms with Crippen LogP contribution < -0.4 is 10.2 Å². The quantitative estimate of drug-likeness (QED) is 0.817. The number of nitrogens with one attached hydrogen (secondary N) is 1. The van der Waals surface area contributed by atoms with Gasteiger partial charge in [0.2, 0.25) is 0 Å². The largest absolute Gasteiger partial charge is 0.372 e. The molecule has 0 radical (unpaired) electrons. The van der Waals surface area contributed by atoms with E-state index in [-0.39, 0.29) is 0 Å². The summed E-state index contributed by atoms with van der Waals surface area (Å²) in [6.07, 6.45) is 5.32. The Bertz CT molecular complexity index is 297. The molecule has 1 aromatic rings. The molecule has 3 rings (SSSR count). The van der Waals surface area contributed by atoms with Crippen LogP contribution in [0, 0.1) is 0 Å². The van der Waals surface area contributed by atoms with Gasteiger partial charge < -0.3 is 10.2 Å². The van der Waals surface area contributed by atoms with Gasteiger partial charge in [0, 0.05) is 24.8 Å². The van der Waals surface area contributed by atoms with Gasteiger partial charge in [0.15, 0.2) is 0 Å². The highest BCUT2D eigenvalue weighted by Gasteiger charge is 2.17. The van der Waals surface area contributed by atoms with Crippen molar-refractivity contribution in [2.75, 3.05) is 24.5 Å². The van der Waals surface area contributed by atoms with Crippen molar-refractivity contribution in [1.29, 1.82) is 0 Å². The Morgan fingerprint density at radius 1 is 1.00 bits per heavy atom. The molecule has 16 heavy (non-hydrogen) atoms. The second kappa shape index (κ2) is 4.46. The summed E-state index contributed by atoms with van der Waals surface area (Å²) in [6, 6.07) is 9.79. The minimum atomic E-state index is 0.604. The molecule has 0 amide bonds. The topological polar surface area (TPSA) is 15.3 Å². The molecule has 2 aliphatic rings. The van der Waals surface area contributed by atoms with Gasteiger partial charge in [-0.3, -0.25) is 0 Å². The van der Waals surface area contributed by atoms with Gasteiger partial charge in [0.05, 0.1) is 0 Å². The van der Waals surface area contributed by atoms with E-state index in [4.69, 9.17) is 0 Å². The second-order valence-corrected chi connectivity index (χ2v) is 4.93. The second-order valence-electron chi connectivity index (χ2n) is 4.93. The summed E-state index contributed by atoms with van der Waals surface area (Å²) in [7, 11) is 0. The van der Waals surface area contributed by atoms with E-state index in [2.05, 4.69) is 34.5 Å². The fraction of sp³-hybridized carbons (Fsp3) is 0.571. The van der Waals surface area contributed by atoms with Crippen LogP contribution in [-0.2, 0) is 0 Å². The lowest BCUT2D eigenvalue weighted by Gasteiger charge is -2.19. The summed E-state index contributed by atoms with van der Waals surface area (Å²) in [4.78, 5) is 2.49. The standard InChI is InChI=1S/C14H20N2/c1-2-11-16(10-1)13-7-5-12(6-8-13)14-4-3-9-15-14/h5-8,14-15H,1-4,9-11H2/t14-/m0/s1. The van der Waals surface area contributed by atoms with Crippen molar-refractivity contribution in [2.24, 2.45) is 0 Å². The Hall–Kier alpha value is -1.02. The van der Waals surface area contributed by atoms with Crippen molar-refractivity contribution in [3.63, 3.8) is 0 Å². The SMILES string of the molecule is c1cc(N2CCCC2)ccc1[C@@H]1CCCN1. The first kappa shape index (κ1) is 10.2. The highest BCUT2D eigenvalue weighted by atomic mass is 15.1. The molecule has 2 fully saturated rings. The molecular formula is C14H20N2. The number of nitrogens with zero attached hydrogens (tertiary/aromatic N) is 1. The van der Waals surface area contributed by atoms with Crippen molar-refractivity contribution < 1.29 is 0 Å². The Morgan fingerprint density at radius 2 is 1.75 bits per heavy atom. The lowest BCUT2D eigenvalue weighted by molar-refractivity contribution is 0.648. The van der Waals surface area contributed by atoms with Crippen molar-refractivity contribution in [2.45, 2.75) is 31.7 Å². The minimum Gasteiger partial charge on any atom is -0.372 e. The number of anilines is 1. The third kappa shape index (κ3) is 1.94. The highest BCUT2D eigenvalue weighted by Crippen LogP contribution is 2.26. The zero-order valence-corrected chi connectivity index (χ0v) is 9.78. The molecule has 1 atom stereocenters. The van der Waals surface area contributed by atoms with Crippen LogP contribution in [0.4, 0.5) is 5.69 Å². The Balaban J connectivity index is 1.73. The minimum absolute atomic E-state index is 0.604. The van der Waals surface area contributed by atoms with Crippen LogP contribution in [0.25, 0.3) is 0 Å². The van der Waals surface area contributed by atoms with Gasteiger partial charge in [-0.2, -0.15) is 0 Å². The lowest BCUT2D eigenvalue weighted by atomic mass is 10.1. The van der Waals surface area contributed by atoms with Crippen LogP contribution >= 0.6 is 0 Å².